The second kappa shape index (κ2) is 12.5. The number of thiophene rings is 1. The Morgan fingerprint density at radius 2 is 0.592 bits per heavy atom. The topological polar surface area (TPSA) is 0 Å². The molecule has 0 nitrogen and oxygen atoms in total. The summed E-state index contributed by atoms with van der Waals surface area (Å²) >= 11 is 1.92. The van der Waals surface area contributed by atoms with Crippen LogP contribution in [0.25, 0.3) is 86.9 Å². The minimum Gasteiger partial charge on any atom is -0.134 e. The van der Waals surface area contributed by atoms with Crippen LogP contribution in [0, 0.1) is 0 Å². The molecule has 0 N–H and O–H groups in total. The molecule has 0 amide bonds. The second-order valence-electron chi connectivity index (χ2n) is 12.4. The molecule has 0 saturated carbocycles. The zero-order valence-electron chi connectivity index (χ0n) is 26.9. The van der Waals surface area contributed by atoms with Crippen molar-refractivity contribution in [2.75, 3.05) is 0 Å². The highest BCUT2D eigenvalue weighted by molar-refractivity contribution is 7.24. The van der Waals surface area contributed by atoms with Crippen LogP contribution in [0.15, 0.2) is 194 Å². The van der Waals surface area contributed by atoms with Crippen molar-refractivity contribution in [1.29, 1.82) is 0 Å². The van der Waals surface area contributed by atoms with Crippen LogP contribution in [0.3, 0.4) is 0 Å². The molecule has 1 heterocycles. The molecular formula is C48H32S. The van der Waals surface area contributed by atoms with E-state index in [0.29, 0.717) is 0 Å². The first-order valence-corrected chi connectivity index (χ1v) is 17.6. The molecule has 0 unspecified atom stereocenters. The van der Waals surface area contributed by atoms with Crippen molar-refractivity contribution in [2.24, 2.45) is 0 Å². The highest BCUT2D eigenvalue weighted by Gasteiger charge is 2.24. The summed E-state index contributed by atoms with van der Waals surface area (Å²) in [5.74, 6) is 0. The molecule has 8 aromatic carbocycles. The molecule has 49 heavy (non-hydrogen) atoms. The van der Waals surface area contributed by atoms with Crippen LogP contribution in [-0.2, 0) is 0 Å². The largest absolute Gasteiger partial charge is 0.134 e. The van der Waals surface area contributed by atoms with Crippen molar-refractivity contribution in [3.05, 3.63) is 194 Å². The van der Waals surface area contributed by atoms with Gasteiger partial charge < -0.3 is 0 Å². The third-order valence-corrected chi connectivity index (χ3v) is 10.8. The fourth-order valence-corrected chi connectivity index (χ4v) is 8.62. The van der Waals surface area contributed by atoms with Crippen LogP contribution < -0.4 is 0 Å². The van der Waals surface area contributed by atoms with Gasteiger partial charge in [0.2, 0.25) is 0 Å². The maximum absolute atomic E-state index is 2.31. The number of hydrogen-bond acceptors (Lipinski definition) is 1. The van der Waals surface area contributed by atoms with Gasteiger partial charge in [-0.25, -0.2) is 0 Å². The summed E-state index contributed by atoms with van der Waals surface area (Å²) in [4.78, 5) is 1.29. The van der Waals surface area contributed by atoms with Gasteiger partial charge in [0.15, 0.2) is 0 Å². The maximum Gasteiger partial charge on any atom is 0.0446 e. The van der Waals surface area contributed by atoms with Crippen molar-refractivity contribution >= 4 is 32.2 Å². The molecule has 9 rings (SSSR count). The summed E-state index contributed by atoms with van der Waals surface area (Å²) in [6.45, 7) is 0. The van der Waals surface area contributed by atoms with Crippen LogP contribution in [0.1, 0.15) is 0 Å². The Hall–Kier alpha value is -6.02. The number of fused-ring (bicyclic) bond motifs is 3. The molecule has 9 aromatic rings. The first kappa shape index (κ1) is 29.1. The van der Waals surface area contributed by atoms with Crippen LogP contribution in [0.2, 0.25) is 0 Å². The SMILES string of the molecule is c1ccc(-c2ccc(-c3ccc(-c4sc5c(-c6ccccc6)c(-c6ccccc6)c6ccccc6c5c4-c4ccccc4)cc3)cc2)cc1. The molecule has 230 valence electrons. The molecule has 0 spiro atoms. The number of hydrogen-bond donors (Lipinski definition) is 0. The lowest BCUT2D eigenvalue weighted by atomic mass is 9.86. The minimum atomic E-state index is 1.22. The standard InChI is InChI=1S/C48H32S/c1-5-15-33(16-6-1)34-25-27-35(28-26-34)36-29-31-40(32-30-36)47-45(39-21-11-4-12-22-39)46-42-24-14-13-23-41(42)43(37-17-7-2-8-18-37)44(48(46)49-47)38-19-9-3-10-20-38/h1-32H. The van der Waals surface area contributed by atoms with Gasteiger partial charge in [0.1, 0.15) is 0 Å². The molecule has 0 radical (unpaired) electrons. The van der Waals surface area contributed by atoms with Gasteiger partial charge in [0.25, 0.3) is 0 Å². The predicted octanol–water partition coefficient (Wildman–Crippen LogP) is 14.1. The van der Waals surface area contributed by atoms with Gasteiger partial charge in [0, 0.05) is 26.1 Å². The fourth-order valence-electron chi connectivity index (χ4n) is 7.20. The average Bonchev–Trinajstić information content (AvgIpc) is 3.60. The van der Waals surface area contributed by atoms with E-state index in [2.05, 4.69) is 194 Å². The van der Waals surface area contributed by atoms with E-state index in [1.807, 2.05) is 11.3 Å². The Balaban J connectivity index is 1.28. The van der Waals surface area contributed by atoms with Crippen molar-refractivity contribution < 1.29 is 0 Å². The molecule has 0 aliphatic carbocycles. The molecule has 1 heteroatoms. The first-order valence-electron chi connectivity index (χ1n) is 16.8. The van der Waals surface area contributed by atoms with Crippen LogP contribution in [0.4, 0.5) is 0 Å². The summed E-state index contributed by atoms with van der Waals surface area (Å²) in [5, 5.41) is 3.88. The summed E-state index contributed by atoms with van der Waals surface area (Å²) in [7, 11) is 0. The Morgan fingerprint density at radius 1 is 0.245 bits per heavy atom. The van der Waals surface area contributed by atoms with Gasteiger partial charge in [-0.15, -0.1) is 11.3 Å². The van der Waals surface area contributed by atoms with Crippen molar-refractivity contribution in [2.45, 2.75) is 0 Å². The van der Waals surface area contributed by atoms with Crippen LogP contribution in [0.5, 0.6) is 0 Å². The molecule has 0 saturated heterocycles. The van der Waals surface area contributed by atoms with E-state index in [1.165, 1.54) is 86.9 Å². The normalized spacial score (nSPS) is 11.3. The Kier molecular flexibility index (Phi) is 7.46. The summed E-state index contributed by atoms with van der Waals surface area (Å²) < 4.78 is 1.32. The Morgan fingerprint density at radius 3 is 1.08 bits per heavy atom. The quantitative estimate of drug-likeness (QED) is 0.170. The van der Waals surface area contributed by atoms with Crippen molar-refractivity contribution in [3.8, 4) is 66.1 Å². The third-order valence-electron chi connectivity index (χ3n) is 9.51. The Labute approximate surface area is 291 Å². The zero-order valence-corrected chi connectivity index (χ0v) is 27.7. The first-order chi connectivity index (χ1) is 24.3. The van der Waals surface area contributed by atoms with Gasteiger partial charge >= 0.3 is 0 Å². The van der Waals surface area contributed by atoms with Crippen molar-refractivity contribution in [3.63, 3.8) is 0 Å². The molecule has 0 aliphatic rings. The number of rotatable bonds is 6. The van der Waals surface area contributed by atoms with E-state index in [9.17, 15) is 0 Å². The monoisotopic (exact) mass is 640 g/mol. The lowest BCUT2D eigenvalue weighted by Gasteiger charge is -2.17. The van der Waals surface area contributed by atoms with E-state index in [-0.39, 0.29) is 0 Å². The highest BCUT2D eigenvalue weighted by Crippen LogP contribution is 2.54. The molecule has 0 bridgehead atoms. The third kappa shape index (κ3) is 5.26. The van der Waals surface area contributed by atoms with E-state index in [4.69, 9.17) is 0 Å². The van der Waals surface area contributed by atoms with Gasteiger partial charge in [0.05, 0.1) is 0 Å². The average molecular weight is 641 g/mol. The molecule has 1 aromatic heterocycles. The molecule has 0 atom stereocenters. The van der Waals surface area contributed by atoms with Crippen molar-refractivity contribution in [1.82, 2.24) is 0 Å². The van der Waals surface area contributed by atoms with Crippen LogP contribution >= 0.6 is 11.3 Å². The van der Waals surface area contributed by atoms with E-state index in [0.717, 1.165) is 0 Å². The summed E-state index contributed by atoms with van der Waals surface area (Å²) in [5.41, 5.74) is 13.7. The molecule has 0 aliphatic heterocycles. The van der Waals surface area contributed by atoms with E-state index in [1.54, 1.807) is 0 Å². The van der Waals surface area contributed by atoms with Gasteiger partial charge in [-0.05, 0) is 60.8 Å². The van der Waals surface area contributed by atoms with Gasteiger partial charge in [-0.2, -0.15) is 0 Å². The summed E-state index contributed by atoms with van der Waals surface area (Å²) in [6.07, 6.45) is 0. The van der Waals surface area contributed by atoms with E-state index >= 15 is 0 Å². The second-order valence-corrected chi connectivity index (χ2v) is 13.4. The Bertz CT molecular complexity index is 2530. The molecular weight excluding hydrogens is 609 g/mol. The zero-order chi connectivity index (χ0) is 32.6. The predicted molar refractivity (Wildman–Crippen MR) is 212 cm³/mol. The maximum atomic E-state index is 2.31. The highest BCUT2D eigenvalue weighted by atomic mass is 32.1. The number of benzene rings is 8. The van der Waals surface area contributed by atoms with Gasteiger partial charge in [-0.1, -0.05) is 194 Å². The lowest BCUT2D eigenvalue weighted by Crippen LogP contribution is -1.90. The van der Waals surface area contributed by atoms with Gasteiger partial charge in [-0.3, -0.25) is 0 Å². The van der Waals surface area contributed by atoms with Crippen LogP contribution in [-0.4, -0.2) is 0 Å². The fraction of sp³-hybridized carbons (Fsp3) is 0. The van der Waals surface area contributed by atoms with E-state index < -0.39 is 0 Å². The minimum absolute atomic E-state index is 1.22. The smallest absolute Gasteiger partial charge is 0.0446 e. The molecule has 0 fully saturated rings. The summed E-state index contributed by atoms with van der Waals surface area (Å²) in [6, 6.07) is 70.4. The lowest BCUT2D eigenvalue weighted by molar-refractivity contribution is 1.59.